The molecule has 4 aliphatic heterocycles. The summed E-state index contributed by atoms with van der Waals surface area (Å²) in [5, 5.41) is 36.4. The second-order valence-corrected chi connectivity index (χ2v) is 11.4. The van der Waals surface area contributed by atoms with Crippen molar-refractivity contribution in [3.8, 4) is 0 Å². The molecule has 5 heterocycles. The van der Waals surface area contributed by atoms with Gasteiger partial charge in [0.15, 0.2) is 0 Å². The van der Waals surface area contributed by atoms with E-state index in [1.807, 2.05) is 6.92 Å². The van der Waals surface area contributed by atoms with Gasteiger partial charge in [-0.1, -0.05) is 6.92 Å². The zero-order valence-corrected chi connectivity index (χ0v) is 21.3. The molecule has 200 valence electrons. The first-order chi connectivity index (χ1) is 17.7. The molecular formula is C22H30N8O6S. The van der Waals surface area contributed by atoms with E-state index in [9.17, 15) is 29.4 Å². The summed E-state index contributed by atoms with van der Waals surface area (Å²) in [6, 6.07) is -1.26. The van der Waals surface area contributed by atoms with Crippen molar-refractivity contribution in [2.75, 3.05) is 19.6 Å². The van der Waals surface area contributed by atoms with Gasteiger partial charge in [0.2, 0.25) is 17.7 Å². The van der Waals surface area contributed by atoms with E-state index in [4.69, 9.17) is 0 Å². The average Bonchev–Trinajstić information content (AvgIpc) is 3.63. The van der Waals surface area contributed by atoms with Gasteiger partial charge in [-0.15, -0.1) is 16.9 Å². The molecule has 15 heteroatoms. The van der Waals surface area contributed by atoms with Gasteiger partial charge in [0.05, 0.1) is 24.1 Å². The molecule has 1 aromatic heterocycles. The minimum Gasteiger partial charge on any atom is -0.477 e. The zero-order chi connectivity index (χ0) is 26.4. The molecule has 0 saturated carbocycles. The van der Waals surface area contributed by atoms with Gasteiger partial charge in [-0.05, 0) is 30.2 Å². The Morgan fingerprint density at radius 3 is 2.78 bits per heavy atom. The number of hydrogen-bond acceptors (Lipinski definition) is 10. The Morgan fingerprint density at radius 2 is 2.14 bits per heavy atom. The standard InChI is InChI=1S/C22H30N8O6S/c1-10-17-16(11(2)25-15(32)8-29-9-24-26-27-29)21(34)30(17)18(22(35)36)19(10)37-13-5-14(23-6-13)20(33)28-4-3-12(31)7-28/h9-14,16-17,23,31H,3-8H2,1-2H3,(H,25,32)(H,35,36)/t10-,11-,12?,13+,14+,16-,17-/m1/s1. The number of hydrogen-bond donors (Lipinski definition) is 4. The van der Waals surface area contributed by atoms with Gasteiger partial charge in [0, 0.05) is 41.7 Å². The summed E-state index contributed by atoms with van der Waals surface area (Å²) in [6.07, 6.45) is 1.94. The largest absolute Gasteiger partial charge is 0.477 e. The molecule has 1 unspecified atom stereocenters. The van der Waals surface area contributed by atoms with E-state index in [1.165, 1.54) is 27.7 Å². The van der Waals surface area contributed by atoms with Crippen molar-refractivity contribution in [3.05, 3.63) is 16.9 Å². The molecule has 3 fully saturated rings. The highest BCUT2D eigenvalue weighted by Crippen LogP contribution is 2.51. The van der Waals surface area contributed by atoms with E-state index in [2.05, 4.69) is 26.2 Å². The number of aliphatic carboxylic acids is 1. The summed E-state index contributed by atoms with van der Waals surface area (Å²) in [5.74, 6) is -2.68. The lowest BCUT2D eigenvalue weighted by atomic mass is 9.78. The number of nitrogens with zero attached hydrogens (tertiary/aromatic N) is 6. The van der Waals surface area contributed by atoms with E-state index < -0.39 is 24.0 Å². The third kappa shape index (κ3) is 4.70. The van der Waals surface area contributed by atoms with Crippen molar-refractivity contribution in [2.45, 2.75) is 62.7 Å². The molecule has 0 aliphatic carbocycles. The summed E-state index contributed by atoms with van der Waals surface area (Å²) in [5.41, 5.74) is -0.00610. The Morgan fingerprint density at radius 1 is 1.35 bits per heavy atom. The first-order valence-electron chi connectivity index (χ1n) is 12.3. The number of nitrogens with one attached hydrogen (secondary N) is 2. The maximum atomic E-state index is 13.1. The number of aliphatic hydroxyl groups excluding tert-OH is 1. The van der Waals surface area contributed by atoms with Gasteiger partial charge < -0.3 is 30.6 Å². The van der Waals surface area contributed by atoms with Crippen LogP contribution in [0.3, 0.4) is 0 Å². The summed E-state index contributed by atoms with van der Waals surface area (Å²) < 4.78 is 1.27. The number of carbonyl (C=O) groups is 4. The number of fused-ring (bicyclic) bond motifs is 1. The fourth-order valence-corrected chi connectivity index (χ4v) is 7.29. The molecule has 4 aliphatic rings. The highest BCUT2D eigenvalue weighted by molar-refractivity contribution is 8.03. The normalized spacial score (nSPS) is 31.9. The van der Waals surface area contributed by atoms with Gasteiger partial charge in [0.1, 0.15) is 18.6 Å². The predicted octanol–water partition coefficient (Wildman–Crippen LogP) is -1.99. The number of aliphatic hydroxyl groups is 1. The number of carbonyl (C=O) groups excluding carboxylic acids is 3. The third-order valence-electron chi connectivity index (χ3n) is 7.57. The number of carboxylic acid groups (broad SMARTS) is 1. The molecule has 0 bridgehead atoms. The van der Waals surface area contributed by atoms with Crippen molar-refractivity contribution in [2.24, 2.45) is 11.8 Å². The van der Waals surface area contributed by atoms with Crippen LogP contribution in [0.1, 0.15) is 26.7 Å². The first kappa shape index (κ1) is 25.6. The second kappa shape index (κ2) is 10.0. The average molecular weight is 535 g/mol. The fourth-order valence-electron chi connectivity index (χ4n) is 5.81. The molecule has 0 aromatic carbocycles. The highest BCUT2D eigenvalue weighted by Gasteiger charge is 2.60. The minimum absolute atomic E-state index is 0.00610. The Bertz CT molecular complexity index is 1130. The summed E-state index contributed by atoms with van der Waals surface area (Å²) in [7, 11) is 0. The monoisotopic (exact) mass is 534 g/mol. The molecule has 1 aromatic rings. The predicted molar refractivity (Wildman–Crippen MR) is 128 cm³/mol. The van der Waals surface area contributed by atoms with Crippen molar-refractivity contribution in [1.29, 1.82) is 0 Å². The summed E-state index contributed by atoms with van der Waals surface area (Å²) in [4.78, 5) is 54.2. The van der Waals surface area contributed by atoms with Gasteiger partial charge in [0.25, 0.3) is 0 Å². The van der Waals surface area contributed by atoms with Crippen LogP contribution >= 0.6 is 11.8 Å². The van der Waals surface area contributed by atoms with Crippen LogP contribution in [0, 0.1) is 11.8 Å². The van der Waals surface area contributed by atoms with E-state index in [0.29, 0.717) is 37.4 Å². The molecule has 5 rings (SSSR count). The van der Waals surface area contributed by atoms with Gasteiger partial charge >= 0.3 is 5.97 Å². The highest BCUT2D eigenvalue weighted by atomic mass is 32.2. The maximum Gasteiger partial charge on any atom is 0.353 e. The Labute approximate surface area is 216 Å². The Balaban J connectivity index is 1.23. The molecule has 14 nitrogen and oxygen atoms in total. The molecular weight excluding hydrogens is 504 g/mol. The number of likely N-dealkylation sites (tertiary alicyclic amines) is 1. The number of amides is 3. The van der Waals surface area contributed by atoms with E-state index in [1.54, 1.807) is 11.8 Å². The molecule has 4 N–H and O–H groups in total. The number of β-lactam (4-membered cyclic amide) rings is 1. The number of carboxylic acids is 1. The first-order valence-corrected chi connectivity index (χ1v) is 13.2. The van der Waals surface area contributed by atoms with Crippen LogP contribution < -0.4 is 10.6 Å². The lowest BCUT2D eigenvalue weighted by Crippen LogP contribution is -2.66. The molecule has 37 heavy (non-hydrogen) atoms. The van der Waals surface area contributed by atoms with Crippen LogP contribution in [0.25, 0.3) is 0 Å². The van der Waals surface area contributed by atoms with Crippen molar-refractivity contribution < 1.29 is 29.4 Å². The Hall–Kier alpha value is -3.04. The van der Waals surface area contributed by atoms with Gasteiger partial charge in [-0.3, -0.25) is 14.4 Å². The van der Waals surface area contributed by atoms with Crippen LogP contribution in [0.5, 0.6) is 0 Å². The fraction of sp³-hybridized carbons (Fsp3) is 0.682. The van der Waals surface area contributed by atoms with Crippen LogP contribution in [0.15, 0.2) is 16.9 Å². The van der Waals surface area contributed by atoms with E-state index >= 15 is 0 Å². The number of thioether (sulfide) groups is 1. The van der Waals surface area contributed by atoms with Gasteiger partial charge in [-0.25, -0.2) is 9.48 Å². The molecule has 0 radical (unpaired) electrons. The van der Waals surface area contributed by atoms with Gasteiger partial charge in [-0.2, -0.15) is 0 Å². The second-order valence-electron chi connectivity index (χ2n) is 10.1. The molecule has 3 amide bonds. The van der Waals surface area contributed by atoms with Crippen molar-refractivity contribution in [1.82, 2.24) is 40.6 Å². The molecule has 7 atom stereocenters. The van der Waals surface area contributed by atoms with E-state index in [0.717, 1.165) is 0 Å². The number of rotatable bonds is 8. The van der Waals surface area contributed by atoms with Crippen LogP contribution in [0.4, 0.5) is 0 Å². The van der Waals surface area contributed by atoms with E-state index in [-0.39, 0.29) is 53.2 Å². The molecule has 3 saturated heterocycles. The number of tetrazole rings is 1. The Kier molecular flexibility index (Phi) is 6.93. The van der Waals surface area contributed by atoms with Crippen molar-refractivity contribution in [3.63, 3.8) is 0 Å². The van der Waals surface area contributed by atoms with Crippen LogP contribution in [-0.2, 0) is 25.7 Å². The minimum atomic E-state index is -1.16. The lowest BCUT2D eigenvalue weighted by molar-refractivity contribution is -0.158. The summed E-state index contributed by atoms with van der Waals surface area (Å²) in [6.45, 7) is 4.96. The number of β-amino-alcohol motifs (C(OH)–C–C–N with tert-alkyl or cyclic N) is 1. The van der Waals surface area contributed by atoms with Crippen LogP contribution in [-0.4, -0.2) is 113 Å². The topological polar surface area (TPSA) is 183 Å². The lowest BCUT2D eigenvalue weighted by Gasteiger charge is -2.47. The third-order valence-corrected chi connectivity index (χ3v) is 9.08. The molecule has 0 spiro atoms. The quantitative estimate of drug-likeness (QED) is 0.271. The van der Waals surface area contributed by atoms with Crippen LogP contribution in [0.2, 0.25) is 0 Å². The smallest absolute Gasteiger partial charge is 0.353 e. The van der Waals surface area contributed by atoms with Crippen molar-refractivity contribution >= 4 is 35.5 Å². The maximum absolute atomic E-state index is 13.1. The summed E-state index contributed by atoms with van der Waals surface area (Å²) >= 11 is 1.41. The SMILES string of the molecule is C[C@@H](NC(=O)Cn1cnnn1)[C@H]1C(=O)N2C(C(=O)O)=C(S[C@@H]3CN[C@H](C(=O)N4CCC(O)C4)C3)[C@H](C)[C@H]12. The zero-order valence-electron chi connectivity index (χ0n) is 20.5. The number of aromatic nitrogens is 4.